The van der Waals surface area contributed by atoms with Crippen LogP contribution in [0.3, 0.4) is 0 Å². The monoisotopic (exact) mass is 465 g/mol. The minimum Gasteiger partial charge on any atom is -0.507 e. The second kappa shape index (κ2) is 8.47. The van der Waals surface area contributed by atoms with Gasteiger partial charge in [0.15, 0.2) is 0 Å². The number of Topliss-reactive ketones (excluding diaryl/α,β-unsaturated/α-hetero) is 1. The molecule has 1 N–H and O–H groups in total. The number of amides is 1. The van der Waals surface area contributed by atoms with Crippen LogP contribution in [0.5, 0.6) is 5.75 Å². The molecule has 3 heterocycles. The zero-order chi connectivity index (χ0) is 23.9. The van der Waals surface area contributed by atoms with E-state index in [4.69, 9.17) is 9.15 Å². The lowest BCUT2D eigenvalue weighted by molar-refractivity contribution is -0.140. The van der Waals surface area contributed by atoms with Gasteiger partial charge in [-0.3, -0.25) is 9.59 Å². The van der Waals surface area contributed by atoms with Crippen LogP contribution < -0.4 is 4.74 Å². The first-order valence-electron chi connectivity index (χ1n) is 11.7. The third-order valence-electron chi connectivity index (χ3n) is 6.75. The molecule has 1 aromatic heterocycles. The number of benzene rings is 3. The number of aryl methyl sites for hydroxylation is 1. The van der Waals surface area contributed by atoms with Crippen molar-refractivity contribution in [3.8, 4) is 5.75 Å². The highest BCUT2D eigenvalue weighted by Crippen LogP contribution is 2.43. The molecule has 2 aliphatic rings. The summed E-state index contributed by atoms with van der Waals surface area (Å²) in [6, 6.07) is 21.8. The van der Waals surface area contributed by atoms with E-state index in [1.54, 1.807) is 18.2 Å². The summed E-state index contributed by atoms with van der Waals surface area (Å²) in [5.41, 5.74) is 2.33. The van der Waals surface area contributed by atoms with Gasteiger partial charge in [-0.2, -0.15) is 0 Å². The van der Waals surface area contributed by atoms with Gasteiger partial charge in [0.1, 0.15) is 17.3 Å². The number of aliphatic hydroxyl groups is 1. The molecule has 1 saturated heterocycles. The number of furan rings is 1. The fraction of sp³-hybridized carbons (Fsp3) is 0.172. The molecule has 0 spiro atoms. The maximum atomic E-state index is 13.4. The molecule has 0 radical (unpaired) electrons. The Morgan fingerprint density at radius 2 is 1.86 bits per heavy atom. The number of carbonyl (C=O) groups excluding carboxylic acids is 2. The Balaban J connectivity index is 1.55. The summed E-state index contributed by atoms with van der Waals surface area (Å²) in [5, 5.41) is 13.4. The molecular weight excluding hydrogens is 442 g/mol. The van der Waals surface area contributed by atoms with Crippen molar-refractivity contribution < 1.29 is 23.8 Å². The Morgan fingerprint density at radius 1 is 1.00 bits per heavy atom. The summed E-state index contributed by atoms with van der Waals surface area (Å²) < 4.78 is 11.2. The van der Waals surface area contributed by atoms with Gasteiger partial charge in [-0.15, -0.1) is 0 Å². The van der Waals surface area contributed by atoms with Crippen LogP contribution >= 0.6 is 0 Å². The van der Waals surface area contributed by atoms with Crippen molar-refractivity contribution in [1.29, 1.82) is 0 Å². The van der Waals surface area contributed by atoms with Crippen LogP contribution in [-0.4, -0.2) is 28.3 Å². The van der Waals surface area contributed by atoms with Crippen molar-refractivity contribution in [2.45, 2.75) is 25.4 Å². The standard InChI is InChI=1S/C29H23NO5/c31-27(20-12-13-24-19(16-20)8-4-15-35-24)25-26(23-11-3-7-18-6-1-2-10-22(18)23)30(29(33)28(25)32)17-21-9-5-14-34-21/h1-3,5-7,9-14,16,26,31H,4,8,15,17H2/b27-25-. The Kier molecular flexibility index (Phi) is 5.14. The molecular formula is C29H23NO5. The molecule has 4 aromatic rings. The number of fused-ring (bicyclic) bond motifs is 2. The lowest BCUT2D eigenvalue weighted by Crippen LogP contribution is -2.29. The van der Waals surface area contributed by atoms with Gasteiger partial charge >= 0.3 is 0 Å². The Morgan fingerprint density at radius 3 is 2.71 bits per heavy atom. The number of nitrogens with zero attached hydrogens (tertiary/aromatic N) is 1. The fourth-order valence-corrected chi connectivity index (χ4v) is 5.09. The molecule has 3 aromatic carbocycles. The van der Waals surface area contributed by atoms with E-state index < -0.39 is 17.7 Å². The van der Waals surface area contributed by atoms with Crippen LogP contribution in [0, 0.1) is 0 Å². The lowest BCUT2D eigenvalue weighted by atomic mass is 9.91. The van der Waals surface area contributed by atoms with Crippen molar-refractivity contribution in [3.05, 3.63) is 107 Å². The SMILES string of the molecule is O=C1C(=O)N(Cc2ccco2)C(c2cccc3ccccc23)/C1=C(/O)c1ccc2c(c1)CCCO2. The first kappa shape index (κ1) is 21.2. The first-order chi connectivity index (χ1) is 17.1. The summed E-state index contributed by atoms with van der Waals surface area (Å²) in [6.45, 7) is 0.775. The number of ketones is 1. The molecule has 0 aliphatic carbocycles. The smallest absolute Gasteiger partial charge is 0.296 e. The molecule has 6 heteroatoms. The third kappa shape index (κ3) is 3.58. The van der Waals surface area contributed by atoms with Crippen molar-refractivity contribution in [2.75, 3.05) is 6.61 Å². The van der Waals surface area contributed by atoms with Crippen LogP contribution in [0.25, 0.3) is 16.5 Å². The number of likely N-dealkylation sites (tertiary alicyclic amines) is 1. The van der Waals surface area contributed by atoms with Gasteiger partial charge in [0.25, 0.3) is 11.7 Å². The van der Waals surface area contributed by atoms with Crippen LogP contribution in [0.15, 0.2) is 89.0 Å². The predicted molar refractivity (Wildman–Crippen MR) is 131 cm³/mol. The van der Waals surface area contributed by atoms with Crippen molar-refractivity contribution in [2.24, 2.45) is 0 Å². The minimum atomic E-state index is -0.765. The number of ether oxygens (including phenoxy) is 1. The van der Waals surface area contributed by atoms with E-state index in [1.165, 1.54) is 11.2 Å². The van der Waals surface area contributed by atoms with Gasteiger partial charge < -0.3 is 19.2 Å². The molecule has 1 atom stereocenters. The van der Waals surface area contributed by atoms with E-state index in [0.29, 0.717) is 17.9 Å². The van der Waals surface area contributed by atoms with Gasteiger partial charge in [0, 0.05) is 5.56 Å². The second-order valence-electron chi connectivity index (χ2n) is 8.85. The van der Waals surface area contributed by atoms with E-state index >= 15 is 0 Å². The fourth-order valence-electron chi connectivity index (χ4n) is 5.09. The molecule has 1 unspecified atom stereocenters. The van der Waals surface area contributed by atoms with Crippen LogP contribution in [-0.2, 0) is 22.6 Å². The maximum Gasteiger partial charge on any atom is 0.296 e. The zero-order valence-corrected chi connectivity index (χ0v) is 18.9. The highest BCUT2D eigenvalue weighted by atomic mass is 16.5. The molecule has 1 amide bonds. The van der Waals surface area contributed by atoms with Crippen molar-refractivity contribution in [1.82, 2.24) is 4.90 Å². The highest BCUT2D eigenvalue weighted by molar-refractivity contribution is 6.46. The summed E-state index contributed by atoms with van der Waals surface area (Å²) >= 11 is 0. The molecule has 1 fully saturated rings. The van der Waals surface area contributed by atoms with Gasteiger partial charge in [0.2, 0.25) is 0 Å². The van der Waals surface area contributed by atoms with Crippen LogP contribution in [0.1, 0.15) is 34.9 Å². The Hall–Kier alpha value is -4.32. The molecule has 35 heavy (non-hydrogen) atoms. The summed E-state index contributed by atoms with van der Waals surface area (Å²) in [7, 11) is 0. The second-order valence-corrected chi connectivity index (χ2v) is 8.85. The number of hydrogen-bond acceptors (Lipinski definition) is 5. The quantitative estimate of drug-likeness (QED) is 0.249. The lowest BCUT2D eigenvalue weighted by Gasteiger charge is -2.26. The van der Waals surface area contributed by atoms with Gasteiger partial charge in [-0.1, -0.05) is 42.5 Å². The van der Waals surface area contributed by atoms with E-state index in [-0.39, 0.29) is 17.9 Å². The summed E-state index contributed by atoms with van der Waals surface area (Å²) in [4.78, 5) is 28.2. The largest absolute Gasteiger partial charge is 0.507 e. The number of hydrogen-bond donors (Lipinski definition) is 1. The minimum absolute atomic E-state index is 0.0783. The topological polar surface area (TPSA) is 80.0 Å². The van der Waals surface area contributed by atoms with E-state index in [0.717, 1.165) is 40.5 Å². The van der Waals surface area contributed by atoms with Crippen molar-refractivity contribution >= 4 is 28.2 Å². The molecule has 0 bridgehead atoms. The Labute approximate surface area is 202 Å². The van der Waals surface area contributed by atoms with E-state index in [9.17, 15) is 14.7 Å². The number of rotatable bonds is 4. The van der Waals surface area contributed by atoms with Crippen molar-refractivity contribution in [3.63, 3.8) is 0 Å². The average Bonchev–Trinajstić information content (AvgIpc) is 3.50. The first-order valence-corrected chi connectivity index (χ1v) is 11.7. The molecule has 6 rings (SSSR count). The average molecular weight is 466 g/mol. The van der Waals surface area contributed by atoms with Crippen LogP contribution in [0.2, 0.25) is 0 Å². The number of carbonyl (C=O) groups is 2. The van der Waals surface area contributed by atoms with Gasteiger partial charge in [-0.05, 0) is 65.1 Å². The summed E-state index contributed by atoms with van der Waals surface area (Å²) in [6.07, 6.45) is 3.25. The predicted octanol–water partition coefficient (Wildman–Crippen LogP) is 5.38. The van der Waals surface area contributed by atoms with E-state index in [1.807, 2.05) is 54.6 Å². The maximum absolute atomic E-state index is 13.4. The summed E-state index contributed by atoms with van der Waals surface area (Å²) in [5.74, 6) is -0.209. The third-order valence-corrected chi connectivity index (χ3v) is 6.75. The highest BCUT2D eigenvalue weighted by Gasteiger charge is 2.46. The molecule has 174 valence electrons. The van der Waals surface area contributed by atoms with Crippen LogP contribution in [0.4, 0.5) is 0 Å². The molecule has 0 saturated carbocycles. The van der Waals surface area contributed by atoms with Gasteiger partial charge in [0.05, 0.1) is 31.0 Å². The molecule has 2 aliphatic heterocycles. The Bertz CT molecular complexity index is 1480. The number of aliphatic hydroxyl groups excluding tert-OH is 1. The molecule has 6 nitrogen and oxygen atoms in total. The zero-order valence-electron chi connectivity index (χ0n) is 18.9. The normalized spacial score (nSPS) is 19.1. The van der Waals surface area contributed by atoms with E-state index in [2.05, 4.69) is 0 Å². The van der Waals surface area contributed by atoms with Gasteiger partial charge in [-0.25, -0.2) is 0 Å².